The van der Waals surface area contributed by atoms with Crippen LogP contribution in [0.1, 0.15) is 12.8 Å². The molecule has 0 heterocycles. The average Bonchev–Trinajstić information content (AvgIpc) is 2.33. The third-order valence-electron chi connectivity index (χ3n) is 2.21. The Bertz CT molecular complexity index is 448. The first kappa shape index (κ1) is 13.8. The van der Waals surface area contributed by atoms with Gasteiger partial charge < -0.3 is 15.2 Å². The van der Waals surface area contributed by atoms with Gasteiger partial charge in [-0.15, -0.1) is 0 Å². The van der Waals surface area contributed by atoms with Gasteiger partial charge in [-0.1, -0.05) is 0 Å². The summed E-state index contributed by atoms with van der Waals surface area (Å²) >= 11 is 0. The number of nitro benzene ring substituents is 1. The highest BCUT2D eigenvalue weighted by Gasteiger charge is 2.15. The number of hydrogen-bond donors (Lipinski definition) is 2. The molecule has 98 valence electrons. The van der Waals surface area contributed by atoms with Crippen LogP contribution in [-0.4, -0.2) is 24.5 Å². The van der Waals surface area contributed by atoms with Crippen molar-refractivity contribution < 1.29 is 14.4 Å². The normalized spacial score (nSPS) is 9.83. The van der Waals surface area contributed by atoms with Gasteiger partial charge in [-0.25, -0.2) is 0 Å². The van der Waals surface area contributed by atoms with E-state index >= 15 is 0 Å². The minimum atomic E-state index is -0.514. The Morgan fingerprint density at radius 2 is 2.28 bits per heavy atom. The molecule has 0 aliphatic heterocycles. The molecule has 0 aliphatic rings. The largest absolute Gasteiger partial charge is 0.497 e. The zero-order chi connectivity index (χ0) is 13.5. The van der Waals surface area contributed by atoms with Gasteiger partial charge >= 0.3 is 5.69 Å². The van der Waals surface area contributed by atoms with E-state index in [0.717, 1.165) is 0 Å². The second kappa shape index (κ2) is 6.43. The quantitative estimate of drug-likeness (QED) is 0.252. The number of hydrogen-bond acceptors (Lipinski definition) is 5. The average molecular weight is 253 g/mol. The van der Waals surface area contributed by atoms with Crippen molar-refractivity contribution >= 4 is 11.5 Å². The van der Waals surface area contributed by atoms with Crippen molar-refractivity contribution in [1.82, 2.24) is 0 Å². The topological polar surface area (TPSA) is 111 Å². The predicted molar refractivity (Wildman–Crippen MR) is 66.3 cm³/mol. The molecule has 1 rings (SSSR count). The molecule has 7 heteroatoms. The Morgan fingerprint density at radius 1 is 1.56 bits per heavy atom. The fraction of sp³-hybridized carbons (Fsp3) is 0.364. The first-order chi connectivity index (χ1) is 8.54. The maximum absolute atomic E-state index is 10.8. The summed E-state index contributed by atoms with van der Waals surface area (Å²) in [6.45, 7) is 0.258. The zero-order valence-corrected chi connectivity index (χ0v) is 10.0. The number of rotatable bonds is 7. The molecule has 0 spiro atoms. The van der Waals surface area contributed by atoms with Crippen molar-refractivity contribution in [2.45, 2.75) is 12.8 Å². The lowest BCUT2D eigenvalue weighted by Gasteiger charge is -2.08. The van der Waals surface area contributed by atoms with Gasteiger partial charge in [0.15, 0.2) is 0 Å². The molecule has 3 N–H and O–H groups in total. The second-order valence-corrected chi connectivity index (χ2v) is 3.57. The first-order valence-electron chi connectivity index (χ1n) is 5.32. The Labute approximate surface area is 104 Å². The van der Waals surface area contributed by atoms with E-state index < -0.39 is 4.92 Å². The van der Waals surface area contributed by atoms with Crippen LogP contribution in [0.2, 0.25) is 0 Å². The minimum Gasteiger partial charge on any atom is -0.497 e. The van der Waals surface area contributed by atoms with Crippen LogP contribution in [0.15, 0.2) is 18.2 Å². The number of amidine groups is 1. The van der Waals surface area contributed by atoms with Gasteiger partial charge in [-0.2, -0.15) is 0 Å². The second-order valence-electron chi connectivity index (χ2n) is 3.57. The summed E-state index contributed by atoms with van der Waals surface area (Å²) in [4.78, 5) is 10.3. The Hall–Kier alpha value is -2.31. The predicted octanol–water partition coefficient (Wildman–Crippen LogP) is 1.70. The molecule has 0 unspecified atom stereocenters. The molecule has 1 aromatic carbocycles. The maximum atomic E-state index is 10.8. The summed E-state index contributed by atoms with van der Waals surface area (Å²) in [6.07, 6.45) is 0.932. The minimum absolute atomic E-state index is 0.0683. The molecule has 0 atom stereocenters. The van der Waals surface area contributed by atoms with Gasteiger partial charge in [0, 0.05) is 18.6 Å². The first-order valence-corrected chi connectivity index (χ1v) is 5.32. The molecule has 0 aromatic heterocycles. The van der Waals surface area contributed by atoms with Crippen LogP contribution >= 0.6 is 0 Å². The molecule has 1 aromatic rings. The number of nitrogens with zero attached hydrogens (tertiary/aromatic N) is 1. The monoisotopic (exact) mass is 253 g/mol. The van der Waals surface area contributed by atoms with E-state index in [4.69, 9.17) is 20.6 Å². The molecule has 7 nitrogen and oxygen atoms in total. The fourth-order valence-corrected chi connectivity index (χ4v) is 1.33. The third-order valence-corrected chi connectivity index (χ3v) is 2.21. The number of nitrogens with one attached hydrogen (secondary N) is 1. The summed E-state index contributed by atoms with van der Waals surface area (Å²) in [5.41, 5.74) is 5.08. The van der Waals surface area contributed by atoms with E-state index in [1.54, 1.807) is 0 Å². The lowest BCUT2D eigenvalue weighted by atomic mass is 10.2. The molecular formula is C11H15N3O4. The maximum Gasteiger partial charge on any atom is 0.311 e. The highest BCUT2D eigenvalue weighted by molar-refractivity contribution is 5.76. The fourth-order valence-electron chi connectivity index (χ4n) is 1.33. The van der Waals surface area contributed by atoms with Crippen molar-refractivity contribution in [2.75, 3.05) is 13.7 Å². The molecule has 0 radical (unpaired) electrons. The number of nitro groups is 1. The van der Waals surface area contributed by atoms with Crippen LogP contribution in [0.4, 0.5) is 5.69 Å². The van der Waals surface area contributed by atoms with Crippen molar-refractivity contribution in [3.63, 3.8) is 0 Å². The van der Waals surface area contributed by atoms with Gasteiger partial charge in [0.05, 0.1) is 24.5 Å². The Morgan fingerprint density at radius 3 is 2.83 bits per heavy atom. The number of benzene rings is 1. The third kappa shape index (κ3) is 3.93. The van der Waals surface area contributed by atoms with Crippen molar-refractivity contribution in [2.24, 2.45) is 5.73 Å². The molecule has 0 fully saturated rings. The molecule has 0 amide bonds. The van der Waals surface area contributed by atoms with Gasteiger partial charge in [-0.05, 0) is 12.5 Å². The van der Waals surface area contributed by atoms with Crippen LogP contribution in [0.25, 0.3) is 0 Å². The molecule has 0 saturated heterocycles. The number of nitrogens with two attached hydrogens (primary N) is 1. The molecule has 0 saturated carbocycles. The van der Waals surface area contributed by atoms with Crippen molar-refractivity contribution in [3.8, 4) is 11.5 Å². The van der Waals surface area contributed by atoms with Crippen LogP contribution < -0.4 is 15.2 Å². The van der Waals surface area contributed by atoms with Crippen LogP contribution in [0.5, 0.6) is 11.5 Å². The lowest BCUT2D eigenvalue weighted by molar-refractivity contribution is -0.385. The number of ether oxygens (including phenoxy) is 2. The molecule has 0 bridgehead atoms. The Kier molecular flexibility index (Phi) is 4.91. The lowest BCUT2D eigenvalue weighted by Crippen LogP contribution is -2.11. The zero-order valence-electron chi connectivity index (χ0n) is 10.0. The smallest absolute Gasteiger partial charge is 0.311 e. The van der Waals surface area contributed by atoms with E-state index in [1.165, 1.54) is 25.3 Å². The molecule has 18 heavy (non-hydrogen) atoms. The standard InChI is InChI=1S/C11H15N3O4/c1-17-8-4-5-9(14(15)16)10(7-8)18-6-2-3-11(12)13/h4-5,7H,2-3,6H2,1H3,(H3,12,13). The summed E-state index contributed by atoms with van der Waals surface area (Å²) < 4.78 is 10.3. The van der Waals surface area contributed by atoms with Crippen molar-refractivity contribution in [3.05, 3.63) is 28.3 Å². The van der Waals surface area contributed by atoms with E-state index in [2.05, 4.69) is 0 Å². The molecular weight excluding hydrogens is 238 g/mol. The van der Waals surface area contributed by atoms with Crippen LogP contribution in [0.3, 0.4) is 0 Å². The van der Waals surface area contributed by atoms with Crippen molar-refractivity contribution in [1.29, 1.82) is 5.41 Å². The summed E-state index contributed by atoms with van der Waals surface area (Å²) in [7, 11) is 1.47. The van der Waals surface area contributed by atoms with E-state index in [0.29, 0.717) is 18.6 Å². The SMILES string of the molecule is COc1ccc([N+](=O)[O-])c(OCCCC(=N)N)c1. The summed E-state index contributed by atoms with van der Waals surface area (Å²) in [5, 5.41) is 17.8. The van der Waals surface area contributed by atoms with Crippen LogP contribution in [0, 0.1) is 15.5 Å². The van der Waals surface area contributed by atoms with Crippen LogP contribution in [-0.2, 0) is 0 Å². The van der Waals surface area contributed by atoms with E-state index in [9.17, 15) is 10.1 Å². The highest BCUT2D eigenvalue weighted by atomic mass is 16.6. The molecule has 0 aliphatic carbocycles. The highest BCUT2D eigenvalue weighted by Crippen LogP contribution is 2.31. The van der Waals surface area contributed by atoms with Gasteiger partial charge in [0.25, 0.3) is 0 Å². The number of methoxy groups -OCH3 is 1. The van der Waals surface area contributed by atoms with E-state index in [1.807, 2.05) is 0 Å². The summed E-state index contributed by atoms with van der Waals surface area (Å²) in [6, 6.07) is 4.30. The Balaban J connectivity index is 2.71. The summed E-state index contributed by atoms with van der Waals surface area (Å²) in [5.74, 6) is 0.712. The van der Waals surface area contributed by atoms with Gasteiger partial charge in [-0.3, -0.25) is 15.5 Å². The van der Waals surface area contributed by atoms with E-state index in [-0.39, 0.29) is 23.9 Å². The van der Waals surface area contributed by atoms with Gasteiger partial charge in [0.1, 0.15) is 5.75 Å². The van der Waals surface area contributed by atoms with Gasteiger partial charge in [0.2, 0.25) is 5.75 Å².